The Hall–Kier alpha value is -3.86. The number of carboxylic acids is 2. The van der Waals surface area contributed by atoms with Gasteiger partial charge in [-0.2, -0.15) is 11.8 Å². The zero-order chi connectivity index (χ0) is 28.7. The molecule has 1 aromatic heterocycles. The van der Waals surface area contributed by atoms with E-state index in [2.05, 4.69) is 30.9 Å². The zero-order valence-corrected chi connectivity index (χ0v) is 21.7. The van der Waals surface area contributed by atoms with Crippen molar-refractivity contribution in [2.75, 3.05) is 18.6 Å². The van der Waals surface area contributed by atoms with Crippen LogP contribution in [0.15, 0.2) is 17.5 Å². The van der Waals surface area contributed by atoms with E-state index in [1.54, 1.807) is 6.26 Å². The third-order valence-electron chi connectivity index (χ3n) is 5.15. The highest BCUT2D eigenvalue weighted by atomic mass is 32.2. The maximum absolute atomic E-state index is 13.1. The van der Waals surface area contributed by atoms with Crippen molar-refractivity contribution in [2.24, 2.45) is 22.2 Å². The number of carbonyl (C=O) groups excluding carboxylic acids is 3. The minimum Gasteiger partial charge on any atom is -0.481 e. The van der Waals surface area contributed by atoms with Gasteiger partial charge in [0.2, 0.25) is 17.7 Å². The smallest absolute Gasteiger partial charge is 0.326 e. The molecule has 1 rings (SSSR count). The van der Waals surface area contributed by atoms with E-state index < -0.39 is 60.2 Å². The summed E-state index contributed by atoms with van der Waals surface area (Å²) < 4.78 is 0. The number of guanidine groups is 1. The van der Waals surface area contributed by atoms with Crippen LogP contribution in [0.5, 0.6) is 0 Å². The van der Waals surface area contributed by atoms with Crippen LogP contribution in [-0.4, -0.2) is 98.5 Å². The number of aliphatic carboxylic acids is 2. The van der Waals surface area contributed by atoms with E-state index in [0.29, 0.717) is 11.4 Å². The number of H-pyrrole nitrogens is 1. The topological polar surface area (TPSA) is 281 Å². The molecule has 212 valence electrons. The first kappa shape index (κ1) is 32.2. The zero-order valence-electron chi connectivity index (χ0n) is 20.9. The van der Waals surface area contributed by atoms with Crippen LogP contribution in [0.1, 0.15) is 31.4 Å². The van der Waals surface area contributed by atoms with Gasteiger partial charge in [0.1, 0.15) is 18.1 Å². The van der Waals surface area contributed by atoms with Crippen LogP contribution in [-0.2, 0) is 30.4 Å². The van der Waals surface area contributed by atoms with Gasteiger partial charge in [-0.3, -0.25) is 24.2 Å². The normalized spacial score (nSPS) is 13.8. The van der Waals surface area contributed by atoms with Gasteiger partial charge >= 0.3 is 11.9 Å². The maximum atomic E-state index is 13.1. The van der Waals surface area contributed by atoms with E-state index in [-0.39, 0.29) is 38.2 Å². The molecular weight excluding hydrogens is 522 g/mol. The molecule has 12 N–H and O–H groups in total. The van der Waals surface area contributed by atoms with E-state index in [9.17, 15) is 34.2 Å². The summed E-state index contributed by atoms with van der Waals surface area (Å²) in [6.07, 6.45) is 4.32. The molecule has 0 aromatic carbocycles. The van der Waals surface area contributed by atoms with Crippen molar-refractivity contribution in [3.8, 4) is 0 Å². The Morgan fingerprint density at radius 3 is 2.21 bits per heavy atom. The van der Waals surface area contributed by atoms with Crippen molar-refractivity contribution >= 4 is 47.4 Å². The van der Waals surface area contributed by atoms with Gasteiger partial charge in [-0.15, -0.1) is 0 Å². The predicted octanol–water partition coefficient (Wildman–Crippen LogP) is -2.90. The van der Waals surface area contributed by atoms with Crippen LogP contribution >= 0.6 is 11.8 Å². The fourth-order valence-corrected chi connectivity index (χ4v) is 3.67. The van der Waals surface area contributed by atoms with Gasteiger partial charge in [0.25, 0.3) is 0 Å². The lowest BCUT2D eigenvalue weighted by Gasteiger charge is -2.24. The van der Waals surface area contributed by atoms with Gasteiger partial charge in [-0.1, -0.05) is 0 Å². The number of thioether (sulfide) groups is 1. The number of amides is 3. The lowest BCUT2D eigenvalue weighted by Crippen LogP contribution is -2.57. The molecule has 0 aliphatic carbocycles. The second-order valence-electron chi connectivity index (χ2n) is 8.24. The molecule has 38 heavy (non-hydrogen) atoms. The number of rotatable bonds is 18. The lowest BCUT2D eigenvalue weighted by molar-refractivity contribution is -0.143. The second-order valence-corrected chi connectivity index (χ2v) is 9.22. The molecule has 0 saturated heterocycles. The SMILES string of the molecule is CSCCC(NC(=O)C(CC(=O)O)NC(=O)C(CCCN=C(N)N)NC(=O)C(N)Cc1cnc[nH]1)C(=O)O. The molecule has 0 aliphatic heterocycles. The van der Waals surface area contributed by atoms with E-state index in [4.69, 9.17) is 17.2 Å². The number of aliphatic imine (C=N–C) groups is 1. The number of nitrogens with two attached hydrogens (primary N) is 3. The summed E-state index contributed by atoms with van der Waals surface area (Å²) in [7, 11) is 0. The van der Waals surface area contributed by atoms with Crippen LogP contribution in [0, 0.1) is 0 Å². The Morgan fingerprint density at radius 1 is 1.03 bits per heavy atom. The molecule has 0 aliphatic rings. The number of hydrogen-bond donors (Lipinski definition) is 9. The highest BCUT2D eigenvalue weighted by molar-refractivity contribution is 7.98. The molecule has 3 amide bonds. The van der Waals surface area contributed by atoms with Crippen LogP contribution in [0.3, 0.4) is 0 Å². The summed E-state index contributed by atoms with van der Waals surface area (Å²) in [4.78, 5) is 71.8. The monoisotopic (exact) mass is 557 g/mol. The Bertz CT molecular complexity index is 970. The quantitative estimate of drug-likeness (QED) is 0.0499. The number of hydrogen-bond acceptors (Lipinski definition) is 9. The highest BCUT2D eigenvalue weighted by Gasteiger charge is 2.31. The van der Waals surface area contributed by atoms with Crippen LogP contribution in [0.4, 0.5) is 0 Å². The number of nitrogens with zero attached hydrogens (tertiary/aromatic N) is 2. The number of carbonyl (C=O) groups is 5. The second kappa shape index (κ2) is 16.8. The summed E-state index contributed by atoms with van der Waals surface area (Å²) in [6.45, 7) is 0.136. The molecular formula is C21H35N9O7S. The van der Waals surface area contributed by atoms with Gasteiger partial charge in [-0.05, 0) is 31.3 Å². The van der Waals surface area contributed by atoms with Gasteiger partial charge in [0.15, 0.2) is 5.96 Å². The molecule has 16 nitrogen and oxygen atoms in total. The van der Waals surface area contributed by atoms with Gasteiger partial charge in [0, 0.05) is 24.9 Å². The molecule has 1 aromatic rings. The molecule has 4 atom stereocenters. The van der Waals surface area contributed by atoms with Crippen molar-refractivity contribution in [3.05, 3.63) is 18.2 Å². The largest absolute Gasteiger partial charge is 0.481 e. The first-order valence-corrected chi connectivity index (χ1v) is 13.0. The average Bonchev–Trinajstić information content (AvgIpc) is 3.35. The molecule has 17 heteroatoms. The lowest BCUT2D eigenvalue weighted by atomic mass is 10.1. The van der Waals surface area contributed by atoms with Crippen molar-refractivity contribution in [2.45, 2.75) is 56.3 Å². The Morgan fingerprint density at radius 2 is 1.66 bits per heavy atom. The number of imidazole rings is 1. The first-order chi connectivity index (χ1) is 17.9. The number of aromatic amines is 1. The minimum atomic E-state index is -1.60. The number of carboxylic acid groups (broad SMARTS) is 2. The third kappa shape index (κ3) is 12.4. The fourth-order valence-electron chi connectivity index (χ4n) is 3.20. The highest BCUT2D eigenvalue weighted by Crippen LogP contribution is 2.06. The van der Waals surface area contributed by atoms with Crippen molar-refractivity contribution in [1.82, 2.24) is 25.9 Å². The van der Waals surface area contributed by atoms with Crippen LogP contribution < -0.4 is 33.2 Å². The first-order valence-electron chi connectivity index (χ1n) is 11.6. The Balaban J connectivity index is 3.00. The van der Waals surface area contributed by atoms with E-state index >= 15 is 0 Å². The number of nitrogens with one attached hydrogen (secondary N) is 4. The third-order valence-corrected chi connectivity index (χ3v) is 5.79. The van der Waals surface area contributed by atoms with Crippen LogP contribution in [0.25, 0.3) is 0 Å². The van der Waals surface area contributed by atoms with Crippen molar-refractivity contribution in [1.29, 1.82) is 0 Å². The summed E-state index contributed by atoms with van der Waals surface area (Å²) in [5.41, 5.74) is 17.1. The molecule has 0 spiro atoms. The van der Waals surface area contributed by atoms with E-state index in [0.717, 1.165) is 0 Å². The predicted molar refractivity (Wildman–Crippen MR) is 139 cm³/mol. The van der Waals surface area contributed by atoms with Crippen molar-refractivity contribution in [3.63, 3.8) is 0 Å². The molecule has 0 bridgehead atoms. The molecule has 0 saturated carbocycles. The summed E-state index contributed by atoms with van der Waals surface area (Å²) in [5, 5.41) is 25.7. The minimum absolute atomic E-state index is 0.0258. The van der Waals surface area contributed by atoms with Gasteiger partial charge in [-0.25, -0.2) is 9.78 Å². The maximum Gasteiger partial charge on any atom is 0.326 e. The molecule has 4 unspecified atom stereocenters. The summed E-state index contributed by atoms with van der Waals surface area (Å²) in [5.74, 6) is -4.98. The standard InChI is InChI=1S/C21H35N9O7S/c1-38-6-4-14(20(36)37)29-19(35)15(8-16(31)32)30-18(34)13(3-2-5-26-21(23)24)28-17(33)12(22)7-11-9-25-10-27-11/h9-10,12-15H,2-8,22H2,1H3,(H,25,27)(H,28,33)(H,29,35)(H,30,34)(H,31,32)(H,36,37)(H4,23,24,26). The average molecular weight is 558 g/mol. The van der Waals surface area contributed by atoms with E-state index in [1.165, 1.54) is 24.3 Å². The summed E-state index contributed by atoms with van der Waals surface area (Å²) >= 11 is 1.37. The number of aromatic nitrogens is 2. The van der Waals surface area contributed by atoms with Crippen molar-refractivity contribution < 1.29 is 34.2 Å². The van der Waals surface area contributed by atoms with Crippen LogP contribution in [0.2, 0.25) is 0 Å². The molecule has 0 fully saturated rings. The Labute approximate surface area is 223 Å². The molecule has 1 heterocycles. The van der Waals surface area contributed by atoms with Gasteiger partial charge < -0.3 is 48.3 Å². The fraction of sp³-hybridized carbons (Fsp3) is 0.571. The molecule has 0 radical (unpaired) electrons. The van der Waals surface area contributed by atoms with Gasteiger partial charge in [0.05, 0.1) is 18.8 Å². The summed E-state index contributed by atoms with van der Waals surface area (Å²) in [6, 6.07) is -5.15. The van der Waals surface area contributed by atoms with E-state index in [1.807, 2.05) is 0 Å². The Kier molecular flexibility index (Phi) is 14.2.